The molecule has 0 unspecified atom stereocenters. The van der Waals surface area contributed by atoms with Crippen LogP contribution in [0.2, 0.25) is 10.0 Å². The van der Waals surface area contributed by atoms with E-state index in [1.807, 2.05) is 42.5 Å². The summed E-state index contributed by atoms with van der Waals surface area (Å²) in [6.07, 6.45) is 1.37. The van der Waals surface area contributed by atoms with Crippen LogP contribution in [0.4, 0.5) is 0 Å². The van der Waals surface area contributed by atoms with E-state index >= 15 is 0 Å². The van der Waals surface area contributed by atoms with Crippen LogP contribution in [0.1, 0.15) is 10.4 Å². The fourth-order valence-corrected chi connectivity index (χ4v) is 3.47. The molecule has 0 saturated heterocycles. The minimum absolute atomic E-state index is 0.269. The molecule has 0 saturated carbocycles. The van der Waals surface area contributed by atoms with Crippen molar-refractivity contribution in [3.8, 4) is 22.3 Å². The van der Waals surface area contributed by atoms with Crippen molar-refractivity contribution < 1.29 is 9.21 Å². The van der Waals surface area contributed by atoms with Crippen molar-refractivity contribution >= 4 is 40.2 Å². The third-order valence-electron chi connectivity index (χ3n) is 4.17. The van der Waals surface area contributed by atoms with E-state index in [2.05, 4.69) is 4.98 Å². The van der Waals surface area contributed by atoms with Crippen LogP contribution < -0.4 is 5.73 Å². The van der Waals surface area contributed by atoms with Crippen molar-refractivity contribution in [2.45, 2.75) is 0 Å². The third-order valence-corrected chi connectivity index (χ3v) is 4.95. The summed E-state index contributed by atoms with van der Waals surface area (Å²) in [5, 5.41) is 0.628. The van der Waals surface area contributed by atoms with E-state index in [1.54, 1.807) is 6.07 Å². The lowest BCUT2D eigenvalue weighted by atomic mass is 9.90. The number of nitrogens with two attached hydrogens (primary N) is 1. The third kappa shape index (κ3) is 2.73. The molecule has 6 heteroatoms. The Balaban J connectivity index is 2.11. The maximum absolute atomic E-state index is 12.1. The van der Waals surface area contributed by atoms with Gasteiger partial charge in [0.25, 0.3) is 0 Å². The molecule has 3 aromatic carbocycles. The van der Waals surface area contributed by atoms with E-state index in [9.17, 15) is 4.79 Å². The maximum atomic E-state index is 12.1. The second-order valence-corrected chi connectivity index (χ2v) is 6.52. The van der Waals surface area contributed by atoms with Gasteiger partial charge in [-0.05, 0) is 29.3 Å². The first-order valence-electron chi connectivity index (χ1n) is 7.77. The molecule has 0 atom stereocenters. The molecule has 1 heterocycles. The number of rotatable bonds is 3. The second-order valence-electron chi connectivity index (χ2n) is 5.74. The number of hydrogen-bond acceptors (Lipinski definition) is 3. The van der Waals surface area contributed by atoms with Gasteiger partial charge in [-0.3, -0.25) is 4.79 Å². The fraction of sp³-hybridized carbons (Fsp3) is 0. The number of amides is 1. The van der Waals surface area contributed by atoms with Crippen molar-refractivity contribution in [2.24, 2.45) is 5.73 Å². The van der Waals surface area contributed by atoms with Gasteiger partial charge < -0.3 is 10.2 Å². The number of carbonyl (C=O) groups is 1. The summed E-state index contributed by atoms with van der Waals surface area (Å²) in [6, 6.07) is 16.4. The average Bonchev–Trinajstić information content (AvgIpc) is 3.11. The first-order valence-corrected chi connectivity index (χ1v) is 8.52. The Hall–Kier alpha value is -2.82. The zero-order valence-corrected chi connectivity index (χ0v) is 14.9. The van der Waals surface area contributed by atoms with Gasteiger partial charge in [0.15, 0.2) is 12.0 Å². The van der Waals surface area contributed by atoms with E-state index in [0.29, 0.717) is 32.8 Å². The molecule has 2 N–H and O–H groups in total. The van der Waals surface area contributed by atoms with Crippen LogP contribution in [0, 0.1) is 0 Å². The summed E-state index contributed by atoms with van der Waals surface area (Å²) in [5.74, 6) is -0.587. The number of carbonyl (C=O) groups excluding carboxylic acids is 1. The summed E-state index contributed by atoms with van der Waals surface area (Å²) < 4.78 is 5.29. The van der Waals surface area contributed by atoms with Crippen LogP contribution in [0.3, 0.4) is 0 Å². The fourth-order valence-electron chi connectivity index (χ4n) is 3.01. The lowest BCUT2D eigenvalue weighted by molar-refractivity contribution is 0.100. The summed E-state index contributed by atoms with van der Waals surface area (Å²) >= 11 is 12.8. The van der Waals surface area contributed by atoms with Gasteiger partial charge in [-0.15, -0.1) is 0 Å². The number of benzene rings is 3. The largest absolute Gasteiger partial charge is 0.443 e. The maximum Gasteiger partial charge on any atom is 0.249 e. The molecule has 0 aliphatic rings. The van der Waals surface area contributed by atoms with E-state index in [4.69, 9.17) is 33.4 Å². The molecule has 4 nitrogen and oxygen atoms in total. The molecule has 0 aliphatic heterocycles. The molecule has 1 amide bonds. The van der Waals surface area contributed by atoms with E-state index in [1.165, 1.54) is 12.5 Å². The minimum Gasteiger partial charge on any atom is -0.443 e. The zero-order chi connectivity index (χ0) is 18.3. The number of oxazole rings is 1. The van der Waals surface area contributed by atoms with Gasteiger partial charge in [0, 0.05) is 16.7 Å². The number of primary amides is 1. The highest BCUT2D eigenvalue weighted by molar-refractivity contribution is 6.44. The van der Waals surface area contributed by atoms with Crippen molar-refractivity contribution in [3.63, 3.8) is 0 Å². The van der Waals surface area contributed by atoms with Crippen LogP contribution in [-0.2, 0) is 0 Å². The summed E-state index contributed by atoms with van der Waals surface area (Å²) in [4.78, 5) is 16.3. The standard InChI is InChI=1S/C20H12Cl2N2O2/c21-14-9-13(20(23)25)17(12-6-7-16-15(8-12)24-10-26-16)18(19(14)22)11-4-2-1-3-5-11/h1-10H,(H2,23,25). The van der Waals surface area contributed by atoms with Crippen LogP contribution >= 0.6 is 23.2 Å². The number of nitrogens with zero attached hydrogens (tertiary/aromatic N) is 1. The molecule has 0 fully saturated rings. The predicted molar refractivity (Wildman–Crippen MR) is 103 cm³/mol. The van der Waals surface area contributed by atoms with Crippen LogP contribution in [0.15, 0.2) is 65.4 Å². The van der Waals surface area contributed by atoms with Gasteiger partial charge in [0.05, 0.1) is 10.0 Å². The lowest BCUT2D eigenvalue weighted by Crippen LogP contribution is -2.13. The van der Waals surface area contributed by atoms with Crippen LogP contribution in [0.5, 0.6) is 0 Å². The molecule has 128 valence electrons. The van der Waals surface area contributed by atoms with Crippen molar-refractivity contribution in [1.82, 2.24) is 4.98 Å². The van der Waals surface area contributed by atoms with E-state index in [-0.39, 0.29) is 5.02 Å². The average molecular weight is 383 g/mol. The quantitative estimate of drug-likeness (QED) is 0.503. The molecular formula is C20H12Cl2N2O2. The first kappa shape index (κ1) is 16.6. The van der Waals surface area contributed by atoms with Gasteiger partial charge in [-0.1, -0.05) is 59.6 Å². The highest BCUT2D eigenvalue weighted by Crippen LogP contribution is 2.44. The number of halogens is 2. The van der Waals surface area contributed by atoms with E-state index in [0.717, 1.165) is 11.1 Å². The molecule has 26 heavy (non-hydrogen) atoms. The second kappa shape index (κ2) is 6.48. The molecule has 0 bridgehead atoms. The first-order chi connectivity index (χ1) is 12.6. The molecule has 0 radical (unpaired) electrons. The van der Waals surface area contributed by atoms with Crippen LogP contribution in [0.25, 0.3) is 33.4 Å². The number of fused-ring (bicyclic) bond motifs is 1. The molecular weight excluding hydrogens is 371 g/mol. The Kier molecular flexibility index (Phi) is 4.15. The predicted octanol–water partition coefficient (Wildman–Crippen LogP) is 5.57. The molecule has 1 aromatic heterocycles. The minimum atomic E-state index is -0.587. The Morgan fingerprint density at radius 2 is 1.73 bits per heavy atom. The van der Waals surface area contributed by atoms with Crippen LogP contribution in [-0.4, -0.2) is 10.9 Å². The van der Waals surface area contributed by atoms with Gasteiger partial charge in [0.2, 0.25) is 5.91 Å². The zero-order valence-electron chi connectivity index (χ0n) is 13.4. The van der Waals surface area contributed by atoms with Gasteiger partial charge in [0.1, 0.15) is 5.52 Å². The molecule has 4 rings (SSSR count). The summed E-state index contributed by atoms with van der Waals surface area (Å²) in [5.41, 5.74) is 10.1. The Morgan fingerprint density at radius 3 is 2.46 bits per heavy atom. The van der Waals surface area contributed by atoms with Gasteiger partial charge in [-0.2, -0.15) is 0 Å². The number of aromatic nitrogens is 1. The SMILES string of the molecule is NC(=O)c1cc(Cl)c(Cl)c(-c2ccccc2)c1-c1ccc2ocnc2c1. The highest BCUT2D eigenvalue weighted by Gasteiger charge is 2.22. The van der Waals surface area contributed by atoms with Crippen molar-refractivity contribution in [3.05, 3.63) is 76.6 Å². The van der Waals surface area contributed by atoms with Crippen molar-refractivity contribution in [1.29, 1.82) is 0 Å². The van der Waals surface area contributed by atoms with Gasteiger partial charge in [-0.25, -0.2) is 4.98 Å². The summed E-state index contributed by atoms with van der Waals surface area (Å²) in [6.45, 7) is 0. The lowest BCUT2D eigenvalue weighted by Gasteiger charge is -2.17. The highest BCUT2D eigenvalue weighted by atomic mass is 35.5. The van der Waals surface area contributed by atoms with E-state index < -0.39 is 5.91 Å². The number of hydrogen-bond donors (Lipinski definition) is 1. The topological polar surface area (TPSA) is 69.1 Å². The molecule has 0 spiro atoms. The smallest absolute Gasteiger partial charge is 0.249 e. The Labute approximate surface area is 159 Å². The molecule has 0 aliphatic carbocycles. The monoisotopic (exact) mass is 382 g/mol. The Morgan fingerprint density at radius 1 is 0.962 bits per heavy atom. The summed E-state index contributed by atoms with van der Waals surface area (Å²) in [7, 11) is 0. The normalized spacial score (nSPS) is 11.0. The van der Waals surface area contributed by atoms with Gasteiger partial charge >= 0.3 is 0 Å². The van der Waals surface area contributed by atoms with Crippen molar-refractivity contribution in [2.75, 3.05) is 0 Å². The Bertz CT molecular complexity index is 1140. The molecule has 4 aromatic rings.